The Labute approximate surface area is 129 Å². The molecule has 1 saturated carbocycles. The fourth-order valence-corrected chi connectivity index (χ4v) is 3.19. The maximum atomic E-state index is 12.4. The van der Waals surface area contributed by atoms with E-state index in [-0.39, 0.29) is 12.5 Å². The van der Waals surface area contributed by atoms with Crippen LogP contribution in [-0.4, -0.2) is 35.2 Å². The van der Waals surface area contributed by atoms with Crippen LogP contribution in [0.15, 0.2) is 24.3 Å². The van der Waals surface area contributed by atoms with Gasteiger partial charge in [0.05, 0.1) is 11.0 Å². The van der Waals surface area contributed by atoms with Crippen LogP contribution in [0.3, 0.4) is 0 Å². The molecule has 1 atom stereocenters. The molecule has 1 amide bonds. The lowest BCUT2D eigenvalue weighted by molar-refractivity contribution is -0.124. The van der Waals surface area contributed by atoms with E-state index in [2.05, 4.69) is 5.32 Å². The lowest BCUT2D eigenvalue weighted by atomic mass is 9.94. The minimum atomic E-state index is -0.870. The van der Waals surface area contributed by atoms with E-state index < -0.39 is 11.0 Å². The fourth-order valence-electron chi connectivity index (χ4n) is 2.34. The molecule has 0 heterocycles. The summed E-state index contributed by atoms with van der Waals surface area (Å²) in [5, 5.41) is 13.7. The average Bonchev–Trinajstić information content (AvgIpc) is 3.18. The van der Waals surface area contributed by atoms with Crippen molar-refractivity contribution in [2.24, 2.45) is 0 Å². The number of thioether (sulfide) groups is 1. The molecule has 2 rings (SSSR count). The quantitative estimate of drug-likeness (QED) is 0.849. The van der Waals surface area contributed by atoms with Crippen molar-refractivity contribution < 1.29 is 9.90 Å². The number of hydrogen-bond acceptors (Lipinski definition) is 3. The van der Waals surface area contributed by atoms with Gasteiger partial charge in [-0.2, -0.15) is 11.8 Å². The third-order valence-electron chi connectivity index (χ3n) is 3.67. The topological polar surface area (TPSA) is 49.3 Å². The molecule has 20 heavy (non-hydrogen) atoms. The van der Waals surface area contributed by atoms with Crippen LogP contribution in [0, 0.1) is 0 Å². The minimum absolute atomic E-state index is 0.00111. The summed E-state index contributed by atoms with van der Waals surface area (Å²) in [4.78, 5) is 12.4. The average molecular weight is 314 g/mol. The number of carbonyl (C=O) groups excluding carboxylic acids is 1. The SMILES string of the molecule is CSCC(C)(O)CNC(=O)C1(c2ccc(Cl)cc2)CC1. The Morgan fingerprint density at radius 1 is 1.45 bits per heavy atom. The van der Waals surface area contributed by atoms with Gasteiger partial charge in [0.1, 0.15) is 0 Å². The Morgan fingerprint density at radius 2 is 2.05 bits per heavy atom. The van der Waals surface area contributed by atoms with Gasteiger partial charge in [-0.25, -0.2) is 0 Å². The molecule has 0 aromatic heterocycles. The van der Waals surface area contributed by atoms with Crippen molar-refractivity contribution in [3.05, 3.63) is 34.9 Å². The molecule has 1 aliphatic rings. The van der Waals surface area contributed by atoms with Crippen LogP contribution in [0.5, 0.6) is 0 Å². The van der Waals surface area contributed by atoms with Gasteiger partial charge in [0.25, 0.3) is 0 Å². The van der Waals surface area contributed by atoms with Crippen molar-refractivity contribution in [2.45, 2.75) is 30.8 Å². The van der Waals surface area contributed by atoms with E-state index in [0.717, 1.165) is 18.4 Å². The van der Waals surface area contributed by atoms with Gasteiger partial charge >= 0.3 is 0 Å². The molecule has 2 N–H and O–H groups in total. The van der Waals surface area contributed by atoms with Crippen molar-refractivity contribution in [1.82, 2.24) is 5.32 Å². The Kier molecular flexibility index (Phi) is 4.67. The van der Waals surface area contributed by atoms with Crippen LogP contribution in [-0.2, 0) is 10.2 Å². The molecule has 1 unspecified atom stereocenters. The third-order valence-corrected chi connectivity index (χ3v) is 4.83. The Bertz CT molecular complexity index is 483. The maximum Gasteiger partial charge on any atom is 0.230 e. The van der Waals surface area contributed by atoms with Crippen molar-refractivity contribution >= 4 is 29.3 Å². The number of halogens is 1. The monoisotopic (exact) mass is 313 g/mol. The zero-order valence-corrected chi connectivity index (χ0v) is 13.4. The molecule has 0 radical (unpaired) electrons. The number of carbonyl (C=O) groups is 1. The van der Waals surface area contributed by atoms with Crippen LogP contribution in [0.2, 0.25) is 5.02 Å². The summed E-state index contributed by atoms with van der Waals surface area (Å²) in [6.45, 7) is 2.02. The smallest absolute Gasteiger partial charge is 0.230 e. The molecule has 0 spiro atoms. The molecule has 110 valence electrons. The summed E-state index contributed by atoms with van der Waals surface area (Å²) in [7, 11) is 0. The highest BCUT2D eigenvalue weighted by Gasteiger charge is 2.51. The number of benzene rings is 1. The van der Waals surface area contributed by atoms with E-state index in [0.29, 0.717) is 10.8 Å². The third kappa shape index (κ3) is 3.48. The Morgan fingerprint density at radius 3 is 2.55 bits per heavy atom. The van der Waals surface area contributed by atoms with Crippen LogP contribution in [0.4, 0.5) is 0 Å². The maximum absolute atomic E-state index is 12.4. The van der Waals surface area contributed by atoms with Crippen LogP contribution in [0.1, 0.15) is 25.3 Å². The molecule has 5 heteroatoms. The fraction of sp³-hybridized carbons (Fsp3) is 0.533. The van der Waals surface area contributed by atoms with Crippen molar-refractivity contribution in [1.29, 1.82) is 0 Å². The second-order valence-corrected chi connectivity index (χ2v) is 7.00. The number of rotatable bonds is 6. The first kappa shape index (κ1) is 15.7. The highest BCUT2D eigenvalue weighted by atomic mass is 35.5. The molecule has 1 aliphatic carbocycles. The Balaban J connectivity index is 2.00. The van der Waals surface area contributed by atoms with Gasteiger partial charge in [0, 0.05) is 17.3 Å². The normalized spacial score (nSPS) is 19.2. The van der Waals surface area contributed by atoms with Gasteiger partial charge in [-0.15, -0.1) is 0 Å². The van der Waals surface area contributed by atoms with Gasteiger partial charge in [-0.05, 0) is 43.7 Å². The number of amides is 1. The van der Waals surface area contributed by atoms with Gasteiger partial charge in [-0.3, -0.25) is 4.79 Å². The van der Waals surface area contributed by atoms with Crippen molar-refractivity contribution in [3.63, 3.8) is 0 Å². The molecule has 0 aliphatic heterocycles. The molecule has 0 saturated heterocycles. The summed E-state index contributed by atoms with van der Waals surface area (Å²) < 4.78 is 0. The number of nitrogens with one attached hydrogen (secondary N) is 1. The summed E-state index contributed by atoms with van der Waals surface area (Å²) in [5.41, 5.74) is -0.283. The number of hydrogen-bond donors (Lipinski definition) is 2. The largest absolute Gasteiger partial charge is 0.387 e. The molecule has 0 bridgehead atoms. The first-order valence-electron chi connectivity index (χ1n) is 6.65. The van der Waals surface area contributed by atoms with Crippen molar-refractivity contribution in [2.75, 3.05) is 18.6 Å². The molecule has 3 nitrogen and oxygen atoms in total. The van der Waals surface area contributed by atoms with Gasteiger partial charge in [0.2, 0.25) is 5.91 Å². The van der Waals surface area contributed by atoms with E-state index in [4.69, 9.17) is 11.6 Å². The van der Waals surface area contributed by atoms with E-state index in [1.165, 1.54) is 0 Å². The van der Waals surface area contributed by atoms with Crippen LogP contribution < -0.4 is 5.32 Å². The summed E-state index contributed by atoms with van der Waals surface area (Å²) in [6, 6.07) is 7.45. The Hall–Kier alpha value is -0.710. The lowest BCUT2D eigenvalue weighted by Crippen LogP contribution is -2.45. The highest BCUT2D eigenvalue weighted by molar-refractivity contribution is 7.98. The van der Waals surface area contributed by atoms with E-state index in [1.54, 1.807) is 18.7 Å². The molecule has 1 aromatic carbocycles. The van der Waals surface area contributed by atoms with E-state index in [9.17, 15) is 9.90 Å². The predicted octanol–water partition coefficient (Wildman–Crippen LogP) is 2.60. The van der Waals surface area contributed by atoms with Gasteiger partial charge in [-0.1, -0.05) is 23.7 Å². The zero-order chi connectivity index (χ0) is 14.8. The standard InChI is InChI=1S/C15H20ClNO2S/c1-14(19,10-20-2)9-17-13(18)15(7-8-15)11-3-5-12(16)6-4-11/h3-6,19H,7-10H2,1-2H3,(H,17,18). The van der Waals surface area contributed by atoms with E-state index in [1.807, 2.05) is 30.5 Å². The van der Waals surface area contributed by atoms with Crippen LogP contribution in [0.25, 0.3) is 0 Å². The highest BCUT2D eigenvalue weighted by Crippen LogP contribution is 2.48. The van der Waals surface area contributed by atoms with Crippen LogP contribution >= 0.6 is 23.4 Å². The van der Waals surface area contributed by atoms with E-state index >= 15 is 0 Å². The molecule has 1 fully saturated rings. The zero-order valence-electron chi connectivity index (χ0n) is 11.8. The predicted molar refractivity (Wildman–Crippen MR) is 84.4 cm³/mol. The summed E-state index contributed by atoms with van der Waals surface area (Å²) >= 11 is 7.45. The van der Waals surface area contributed by atoms with Crippen molar-refractivity contribution in [3.8, 4) is 0 Å². The summed E-state index contributed by atoms with van der Waals surface area (Å²) in [5.74, 6) is 0.600. The van der Waals surface area contributed by atoms with Gasteiger partial charge in [0.15, 0.2) is 0 Å². The first-order valence-corrected chi connectivity index (χ1v) is 8.42. The van der Waals surface area contributed by atoms with Gasteiger partial charge < -0.3 is 10.4 Å². The molecule has 1 aromatic rings. The molecular formula is C15H20ClNO2S. The second-order valence-electron chi connectivity index (χ2n) is 5.70. The second kappa shape index (κ2) is 5.96. The first-order chi connectivity index (χ1) is 9.39. The minimum Gasteiger partial charge on any atom is -0.387 e. The summed E-state index contributed by atoms with van der Waals surface area (Å²) in [6.07, 6.45) is 3.64. The number of aliphatic hydroxyl groups is 1. The lowest BCUT2D eigenvalue weighted by Gasteiger charge is -2.24. The molecular weight excluding hydrogens is 294 g/mol.